The molecule has 2 N–H and O–H groups in total. The Bertz CT molecular complexity index is 2530. The summed E-state index contributed by atoms with van der Waals surface area (Å²) in [6.07, 6.45) is 13.4. The molecule has 0 saturated carbocycles. The van der Waals surface area contributed by atoms with Crippen LogP contribution in [0.25, 0.3) is 49.9 Å². The molecule has 6 aromatic rings. The number of hydrogen-bond acceptors (Lipinski definition) is 2. The standard InChI is InChI=1S/C49H38N2/c1-49(2)42-30-37(23-26-40(42)45-41(32-11-5-3-6-12-32)29-38-15-9-10-16-39(38)46(45)49)31-17-19-34(20-18-31)44-28-25-36-22-21-35-24-27-43(33-13-7-4-8-14-33)50-47(35)48(36)51-44/h3-30,43,48,50-51H,1-2H3. The second kappa shape index (κ2) is 11.5. The summed E-state index contributed by atoms with van der Waals surface area (Å²) in [6.45, 7) is 4.80. The van der Waals surface area contributed by atoms with Gasteiger partial charge >= 0.3 is 0 Å². The van der Waals surface area contributed by atoms with E-state index in [1.807, 2.05) is 0 Å². The third-order valence-electron chi connectivity index (χ3n) is 11.3. The first kappa shape index (κ1) is 29.8. The van der Waals surface area contributed by atoms with E-state index in [9.17, 15) is 0 Å². The zero-order valence-corrected chi connectivity index (χ0v) is 28.8. The number of allylic oxidation sites excluding steroid dienone is 5. The van der Waals surface area contributed by atoms with Gasteiger partial charge in [0.15, 0.2) is 0 Å². The lowest BCUT2D eigenvalue weighted by Crippen LogP contribution is -2.42. The van der Waals surface area contributed by atoms with Crippen LogP contribution in [0.2, 0.25) is 0 Å². The predicted octanol–water partition coefficient (Wildman–Crippen LogP) is 11.4. The van der Waals surface area contributed by atoms with Crippen LogP contribution in [-0.2, 0) is 5.41 Å². The number of rotatable bonds is 4. The highest BCUT2D eigenvalue weighted by molar-refractivity contribution is 6.05. The summed E-state index contributed by atoms with van der Waals surface area (Å²) in [7, 11) is 0. The second-order valence-corrected chi connectivity index (χ2v) is 14.6. The van der Waals surface area contributed by atoms with Crippen LogP contribution in [0, 0.1) is 0 Å². The van der Waals surface area contributed by atoms with Crippen LogP contribution in [-0.4, -0.2) is 6.04 Å². The van der Waals surface area contributed by atoms with Crippen molar-refractivity contribution in [2.75, 3.05) is 0 Å². The Morgan fingerprint density at radius 3 is 2.12 bits per heavy atom. The van der Waals surface area contributed by atoms with Crippen LogP contribution in [0.5, 0.6) is 0 Å². The molecule has 6 aromatic carbocycles. The summed E-state index contributed by atoms with van der Waals surface area (Å²) in [5.74, 6) is 0. The topological polar surface area (TPSA) is 24.1 Å². The second-order valence-electron chi connectivity index (χ2n) is 14.6. The lowest BCUT2D eigenvalue weighted by Gasteiger charge is -2.36. The molecule has 244 valence electrons. The molecule has 2 aliphatic heterocycles. The maximum Gasteiger partial charge on any atom is 0.0920 e. The summed E-state index contributed by atoms with van der Waals surface area (Å²) in [5, 5.41) is 10.4. The lowest BCUT2D eigenvalue weighted by molar-refractivity contribution is 0.613. The SMILES string of the molecule is CC1(C)c2cc(-c3ccc(C4=CC=C5C=CC6=C(NC(c7ccccc7)C=C6)C5N4)cc3)ccc2-c2c(-c3ccccc3)cc3ccccc3c21. The van der Waals surface area contributed by atoms with E-state index in [-0.39, 0.29) is 17.5 Å². The molecular formula is C49H38N2. The largest absolute Gasteiger partial charge is 0.376 e. The first-order chi connectivity index (χ1) is 25.0. The molecule has 0 aromatic heterocycles. The Morgan fingerprint density at radius 2 is 1.29 bits per heavy atom. The lowest BCUT2D eigenvalue weighted by atomic mass is 9.79. The van der Waals surface area contributed by atoms with Crippen molar-refractivity contribution in [3.8, 4) is 33.4 Å². The highest BCUT2D eigenvalue weighted by Gasteiger charge is 2.39. The van der Waals surface area contributed by atoms with Gasteiger partial charge in [-0.3, -0.25) is 0 Å². The molecule has 51 heavy (non-hydrogen) atoms. The van der Waals surface area contributed by atoms with Gasteiger partial charge in [0.25, 0.3) is 0 Å². The van der Waals surface area contributed by atoms with Crippen LogP contribution >= 0.6 is 0 Å². The summed E-state index contributed by atoms with van der Waals surface area (Å²) < 4.78 is 0. The van der Waals surface area contributed by atoms with E-state index in [0.29, 0.717) is 0 Å². The number of hydrogen-bond donors (Lipinski definition) is 2. The van der Waals surface area contributed by atoms with E-state index >= 15 is 0 Å². The molecule has 0 spiro atoms. The molecule has 0 amide bonds. The molecule has 2 unspecified atom stereocenters. The van der Waals surface area contributed by atoms with Crippen LogP contribution < -0.4 is 10.6 Å². The zero-order valence-electron chi connectivity index (χ0n) is 28.8. The molecule has 2 aliphatic carbocycles. The normalized spacial score (nSPS) is 19.3. The van der Waals surface area contributed by atoms with Gasteiger partial charge in [-0.05, 0) is 95.8 Å². The van der Waals surface area contributed by atoms with E-state index in [1.165, 1.54) is 83.3 Å². The summed E-state index contributed by atoms with van der Waals surface area (Å²) in [5.41, 5.74) is 17.8. The fourth-order valence-corrected chi connectivity index (χ4v) is 8.72. The first-order valence-electron chi connectivity index (χ1n) is 18.0. The Labute approximate surface area is 299 Å². The Kier molecular flexibility index (Phi) is 6.69. The molecule has 0 saturated heterocycles. The molecule has 2 heterocycles. The van der Waals surface area contributed by atoms with E-state index < -0.39 is 0 Å². The minimum absolute atomic E-state index is 0.0817. The minimum Gasteiger partial charge on any atom is -0.376 e. The third-order valence-corrected chi connectivity index (χ3v) is 11.3. The average Bonchev–Trinajstić information content (AvgIpc) is 3.44. The minimum atomic E-state index is -0.143. The fraction of sp³-hybridized carbons (Fsp3) is 0.102. The molecule has 2 heteroatoms. The average molecular weight is 655 g/mol. The molecule has 0 fully saturated rings. The van der Waals surface area contributed by atoms with E-state index in [1.54, 1.807) is 0 Å². The van der Waals surface area contributed by atoms with E-state index in [0.717, 1.165) is 5.70 Å². The predicted molar refractivity (Wildman–Crippen MR) is 213 cm³/mol. The molecule has 2 atom stereocenters. The van der Waals surface area contributed by atoms with Gasteiger partial charge in [-0.2, -0.15) is 0 Å². The molecule has 10 rings (SSSR count). The molecule has 0 radical (unpaired) electrons. The van der Waals surface area contributed by atoms with Crippen molar-refractivity contribution in [1.82, 2.24) is 10.6 Å². The van der Waals surface area contributed by atoms with Crippen LogP contribution in [0.4, 0.5) is 0 Å². The van der Waals surface area contributed by atoms with Crippen molar-refractivity contribution in [2.45, 2.75) is 31.3 Å². The van der Waals surface area contributed by atoms with Crippen molar-refractivity contribution < 1.29 is 0 Å². The van der Waals surface area contributed by atoms with Gasteiger partial charge in [-0.1, -0.05) is 166 Å². The van der Waals surface area contributed by atoms with Gasteiger partial charge in [-0.25, -0.2) is 0 Å². The fourth-order valence-electron chi connectivity index (χ4n) is 8.72. The summed E-state index contributed by atoms with van der Waals surface area (Å²) >= 11 is 0. The number of fused-ring (bicyclic) bond motifs is 7. The van der Waals surface area contributed by atoms with Gasteiger partial charge in [-0.15, -0.1) is 0 Å². The molecule has 4 aliphatic rings. The van der Waals surface area contributed by atoms with Crippen molar-refractivity contribution >= 4 is 16.5 Å². The van der Waals surface area contributed by atoms with Crippen molar-refractivity contribution in [2.24, 2.45) is 0 Å². The van der Waals surface area contributed by atoms with Gasteiger partial charge in [0.1, 0.15) is 0 Å². The highest BCUT2D eigenvalue weighted by atomic mass is 15.0. The van der Waals surface area contributed by atoms with E-state index in [4.69, 9.17) is 0 Å². The van der Waals surface area contributed by atoms with Crippen molar-refractivity contribution in [1.29, 1.82) is 0 Å². The van der Waals surface area contributed by atoms with Crippen LogP contribution in [0.15, 0.2) is 187 Å². The number of benzene rings is 6. The van der Waals surface area contributed by atoms with Crippen LogP contribution in [0.1, 0.15) is 42.1 Å². The Hall–Kier alpha value is -6.12. The maximum atomic E-state index is 3.88. The van der Waals surface area contributed by atoms with Crippen LogP contribution in [0.3, 0.4) is 0 Å². The van der Waals surface area contributed by atoms with Crippen molar-refractivity contribution in [3.05, 3.63) is 209 Å². The number of dihydropyridines is 2. The number of nitrogens with one attached hydrogen (secondary N) is 2. The van der Waals surface area contributed by atoms with E-state index in [2.05, 4.69) is 194 Å². The van der Waals surface area contributed by atoms with Gasteiger partial charge in [0, 0.05) is 16.8 Å². The molecule has 2 nitrogen and oxygen atoms in total. The zero-order chi connectivity index (χ0) is 34.1. The van der Waals surface area contributed by atoms with Crippen molar-refractivity contribution in [3.63, 3.8) is 0 Å². The Morgan fingerprint density at radius 1 is 0.569 bits per heavy atom. The quantitative estimate of drug-likeness (QED) is 0.198. The van der Waals surface area contributed by atoms with Gasteiger partial charge in [0.2, 0.25) is 0 Å². The smallest absolute Gasteiger partial charge is 0.0920 e. The maximum absolute atomic E-state index is 3.88. The Balaban J connectivity index is 0.967. The summed E-state index contributed by atoms with van der Waals surface area (Å²) in [4.78, 5) is 0. The summed E-state index contributed by atoms with van der Waals surface area (Å²) in [6, 6.07) is 49.2. The third kappa shape index (κ3) is 4.78. The molecule has 0 bridgehead atoms. The monoisotopic (exact) mass is 654 g/mol. The highest BCUT2D eigenvalue weighted by Crippen LogP contribution is 2.55. The molecular weight excluding hydrogens is 617 g/mol. The van der Waals surface area contributed by atoms with Gasteiger partial charge < -0.3 is 10.6 Å². The first-order valence-corrected chi connectivity index (χ1v) is 18.0. The van der Waals surface area contributed by atoms with Gasteiger partial charge in [0.05, 0.1) is 12.1 Å².